The molecule has 2 aromatic carbocycles. The fourth-order valence-corrected chi connectivity index (χ4v) is 3.91. The summed E-state index contributed by atoms with van der Waals surface area (Å²) in [5.41, 5.74) is 4.05. The second kappa shape index (κ2) is 6.27. The van der Waals surface area contributed by atoms with E-state index in [1.165, 1.54) is 11.3 Å². The summed E-state index contributed by atoms with van der Waals surface area (Å²) in [7, 11) is 3.23. The molecular weight excluding hydrogens is 348 g/mol. The van der Waals surface area contributed by atoms with Crippen molar-refractivity contribution in [2.75, 3.05) is 14.1 Å². The second-order valence-corrected chi connectivity index (χ2v) is 6.81. The molecule has 0 radical (unpaired) electrons. The van der Waals surface area contributed by atoms with Gasteiger partial charge in [0.25, 0.3) is 11.8 Å². The molecule has 4 rings (SSSR count). The number of nitrogens with one attached hydrogen (secondary N) is 2. The normalized spacial score (nSPS) is 11.0. The highest BCUT2D eigenvalue weighted by Crippen LogP contribution is 2.30. The molecule has 0 spiro atoms. The van der Waals surface area contributed by atoms with Crippen LogP contribution in [0.1, 0.15) is 20.7 Å². The number of thiazole rings is 1. The molecule has 0 fully saturated rings. The Labute approximate surface area is 153 Å². The first-order valence-corrected chi connectivity index (χ1v) is 8.88. The molecule has 0 saturated carbocycles. The molecule has 26 heavy (non-hydrogen) atoms. The van der Waals surface area contributed by atoms with Crippen molar-refractivity contribution in [2.24, 2.45) is 0 Å². The van der Waals surface area contributed by atoms with Gasteiger partial charge in [0.1, 0.15) is 0 Å². The monoisotopic (exact) mass is 364 g/mol. The Balaban J connectivity index is 1.74. The molecule has 130 valence electrons. The number of hydrogen-bond acceptors (Lipinski definition) is 4. The third-order valence-corrected chi connectivity index (χ3v) is 5.27. The van der Waals surface area contributed by atoms with Gasteiger partial charge in [-0.2, -0.15) is 0 Å². The van der Waals surface area contributed by atoms with Gasteiger partial charge < -0.3 is 10.6 Å². The number of imidazole rings is 1. The van der Waals surface area contributed by atoms with E-state index in [0.717, 1.165) is 26.4 Å². The van der Waals surface area contributed by atoms with Gasteiger partial charge in [0.15, 0.2) is 4.96 Å². The van der Waals surface area contributed by atoms with Gasteiger partial charge in [-0.15, -0.1) is 0 Å². The molecule has 4 aromatic rings. The van der Waals surface area contributed by atoms with Crippen molar-refractivity contribution < 1.29 is 9.59 Å². The highest BCUT2D eigenvalue weighted by Gasteiger charge is 2.13. The van der Waals surface area contributed by atoms with E-state index in [1.807, 2.05) is 40.9 Å². The lowest BCUT2D eigenvalue weighted by Gasteiger charge is -2.01. The van der Waals surface area contributed by atoms with Gasteiger partial charge in [0, 0.05) is 37.0 Å². The van der Waals surface area contributed by atoms with Crippen molar-refractivity contribution in [3.05, 3.63) is 59.8 Å². The molecule has 2 N–H and O–H groups in total. The highest BCUT2D eigenvalue weighted by molar-refractivity contribution is 7.23. The van der Waals surface area contributed by atoms with Crippen LogP contribution in [-0.2, 0) is 0 Å². The molecule has 2 heterocycles. The molecule has 0 unspecified atom stereocenters. The summed E-state index contributed by atoms with van der Waals surface area (Å²) >= 11 is 1.54. The molecular formula is C19H16N4O2S. The number of nitrogens with zero attached hydrogens (tertiary/aromatic N) is 2. The summed E-state index contributed by atoms with van der Waals surface area (Å²) in [5.74, 6) is -0.213. The molecule has 0 atom stereocenters. The van der Waals surface area contributed by atoms with E-state index in [0.29, 0.717) is 11.1 Å². The van der Waals surface area contributed by atoms with Gasteiger partial charge in [-0.1, -0.05) is 23.5 Å². The second-order valence-electron chi connectivity index (χ2n) is 5.80. The summed E-state index contributed by atoms with van der Waals surface area (Å²) in [5, 5.41) is 5.24. The van der Waals surface area contributed by atoms with Crippen LogP contribution in [0.2, 0.25) is 0 Å². The third kappa shape index (κ3) is 2.62. The lowest BCUT2D eigenvalue weighted by molar-refractivity contribution is 0.0955. The van der Waals surface area contributed by atoms with Gasteiger partial charge in [-0.25, -0.2) is 4.98 Å². The zero-order chi connectivity index (χ0) is 18.3. The van der Waals surface area contributed by atoms with Crippen LogP contribution in [0.4, 0.5) is 0 Å². The number of amides is 2. The van der Waals surface area contributed by atoms with Crippen LogP contribution in [0.25, 0.3) is 26.4 Å². The fourth-order valence-electron chi connectivity index (χ4n) is 2.86. The Morgan fingerprint density at radius 3 is 2.31 bits per heavy atom. The number of aromatic nitrogens is 2. The topological polar surface area (TPSA) is 75.5 Å². The summed E-state index contributed by atoms with van der Waals surface area (Å²) in [6.07, 6.45) is 1.97. The van der Waals surface area contributed by atoms with Crippen molar-refractivity contribution in [1.29, 1.82) is 0 Å². The van der Waals surface area contributed by atoms with Crippen molar-refractivity contribution in [3.63, 3.8) is 0 Å². The zero-order valence-electron chi connectivity index (χ0n) is 14.2. The number of hydrogen-bond donors (Lipinski definition) is 2. The predicted molar refractivity (Wildman–Crippen MR) is 103 cm³/mol. The lowest BCUT2D eigenvalue weighted by atomic mass is 10.1. The molecule has 6 nitrogen and oxygen atoms in total. The average Bonchev–Trinajstić information content (AvgIpc) is 3.24. The van der Waals surface area contributed by atoms with E-state index in [2.05, 4.69) is 15.6 Å². The number of fused-ring (bicyclic) bond motifs is 3. The van der Waals surface area contributed by atoms with Gasteiger partial charge in [-0.05, 0) is 30.3 Å². The predicted octanol–water partition coefficient (Wildman–Crippen LogP) is 2.94. The Kier molecular flexibility index (Phi) is 3.93. The molecule has 2 aromatic heterocycles. The van der Waals surface area contributed by atoms with Crippen LogP contribution >= 0.6 is 11.3 Å². The summed E-state index contributed by atoms with van der Waals surface area (Å²) < 4.78 is 3.03. The average molecular weight is 364 g/mol. The van der Waals surface area contributed by atoms with E-state index in [4.69, 9.17) is 0 Å². The summed E-state index contributed by atoms with van der Waals surface area (Å²) in [4.78, 5) is 29.0. The first-order valence-electron chi connectivity index (χ1n) is 8.07. The fraction of sp³-hybridized carbons (Fsp3) is 0.105. The van der Waals surface area contributed by atoms with Crippen molar-refractivity contribution in [3.8, 4) is 11.3 Å². The highest BCUT2D eigenvalue weighted by atomic mass is 32.1. The maximum absolute atomic E-state index is 11.8. The minimum absolute atomic E-state index is 0.102. The first kappa shape index (κ1) is 16.3. The van der Waals surface area contributed by atoms with Crippen LogP contribution in [0.3, 0.4) is 0 Å². The SMILES string of the molecule is CNC(=O)c1ccc(-c2cn3c(n2)sc2cc(C(=O)NC)ccc23)cc1. The zero-order valence-corrected chi connectivity index (χ0v) is 15.1. The lowest BCUT2D eigenvalue weighted by Crippen LogP contribution is -2.17. The third-order valence-electron chi connectivity index (χ3n) is 4.25. The molecule has 0 bridgehead atoms. The van der Waals surface area contributed by atoms with E-state index >= 15 is 0 Å². The van der Waals surface area contributed by atoms with Crippen LogP contribution in [0, 0.1) is 0 Å². The van der Waals surface area contributed by atoms with E-state index in [1.54, 1.807) is 26.2 Å². The summed E-state index contributed by atoms with van der Waals surface area (Å²) in [6.45, 7) is 0. The Bertz CT molecular complexity index is 1140. The van der Waals surface area contributed by atoms with Crippen LogP contribution in [-0.4, -0.2) is 35.3 Å². The Hall–Kier alpha value is -3.19. The van der Waals surface area contributed by atoms with Gasteiger partial charge in [-0.3, -0.25) is 14.0 Å². The Morgan fingerprint density at radius 2 is 1.62 bits per heavy atom. The van der Waals surface area contributed by atoms with E-state index in [-0.39, 0.29) is 11.8 Å². The molecule has 0 aliphatic heterocycles. The quantitative estimate of drug-likeness (QED) is 0.587. The number of benzene rings is 2. The maximum Gasteiger partial charge on any atom is 0.251 e. The smallest absolute Gasteiger partial charge is 0.251 e. The van der Waals surface area contributed by atoms with Gasteiger partial charge in [0.2, 0.25) is 0 Å². The molecule has 2 amide bonds. The maximum atomic E-state index is 11.8. The standard InChI is InChI=1S/C19H16N4O2S/c1-20-17(24)12-5-3-11(4-6-12)14-10-23-15-8-7-13(18(25)21-2)9-16(15)26-19(23)22-14/h3-10H,1-2H3,(H,20,24)(H,21,25). The van der Waals surface area contributed by atoms with E-state index in [9.17, 15) is 9.59 Å². The number of rotatable bonds is 3. The van der Waals surface area contributed by atoms with Crippen molar-refractivity contribution in [2.45, 2.75) is 0 Å². The van der Waals surface area contributed by atoms with Crippen LogP contribution < -0.4 is 10.6 Å². The molecule has 0 aliphatic carbocycles. The molecule has 7 heteroatoms. The van der Waals surface area contributed by atoms with Gasteiger partial charge in [0.05, 0.1) is 15.9 Å². The van der Waals surface area contributed by atoms with Crippen LogP contribution in [0.15, 0.2) is 48.7 Å². The molecule has 0 saturated heterocycles. The Morgan fingerprint density at radius 1 is 0.962 bits per heavy atom. The van der Waals surface area contributed by atoms with Crippen molar-refractivity contribution >= 4 is 38.3 Å². The van der Waals surface area contributed by atoms with Gasteiger partial charge >= 0.3 is 0 Å². The minimum atomic E-state index is -0.111. The summed E-state index contributed by atoms with van der Waals surface area (Å²) in [6, 6.07) is 13.0. The van der Waals surface area contributed by atoms with Crippen LogP contribution in [0.5, 0.6) is 0 Å². The van der Waals surface area contributed by atoms with E-state index < -0.39 is 0 Å². The number of carbonyl (C=O) groups is 2. The number of carbonyl (C=O) groups excluding carboxylic acids is 2. The minimum Gasteiger partial charge on any atom is -0.355 e. The molecule has 0 aliphatic rings. The first-order chi connectivity index (χ1) is 12.6. The van der Waals surface area contributed by atoms with Crippen molar-refractivity contribution in [1.82, 2.24) is 20.0 Å². The largest absolute Gasteiger partial charge is 0.355 e.